The predicted octanol–water partition coefficient (Wildman–Crippen LogP) is 2.66. The van der Waals surface area contributed by atoms with E-state index in [1.165, 1.54) is 0 Å². The van der Waals surface area contributed by atoms with Gasteiger partial charge in [0.15, 0.2) is 0 Å². The zero-order valence-electron chi connectivity index (χ0n) is 10.5. The van der Waals surface area contributed by atoms with E-state index in [2.05, 4.69) is 38.0 Å². The Bertz CT molecular complexity index is 439. The van der Waals surface area contributed by atoms with Gasteiger partial charge in [0.25, 0.3) is 0 Å². The summed E-state index contributed by atoms with van der Waals surface area (Å²) in [5, 5.41) is 13.9. The quantitative estimate of drug-likeness (QED) is 0.725. The van der Waals surface area contributed by atoms with Crippen LogP contribution in [0.15, 0.2) is 6.07 Å². The van der Waals surface area contributed by atoms with Crippen LogP contribution in [0.1, 0.15) is 51.4 Å². The first-order chi connectivity index (χ1) is 7.39. The van der Waals surface area contributed by atoms with Crippen molar-refractivity contribution in [3.05, 3.63) is 17.5 Å². The van der Waals surface area contributed by atoms with Crippen molar-refractivity contribution >= 4 is 0 Å². The largest absolute Gasteiger partial charge is 0.271 e. The Hall–Kier alpha value is -1.30. The molecule has 1 aromatic rings. The summed E-state index contributed by atoms with van der Waals surface area (Å²) in [6.45, 7) is 6.46. The van der Waals surface area contributed by atoms with Crippen LogP contribution < -0.4 is 0 Å². The van der Waals surface area contributed by atoms with Crippen LogP contribution in [0.2, 0.25) is 0 Å². The van der Waals surface area contributed by atoms with Crippen molar-refractivity contribution in [3.8, 4) is 6.07 Å². The molecule has 1 heterocycles. The molecule has 1 saturated carbocycles. The molecule has 3 heteroatoms. The first-order valence-corrected chi connectivity index (χ1v) is 5.85. The molecule has 0 radical (unpaired) electrons. The van der Waals surface area contributed by atoms with Gasteiger partial charge in [0.1, 0.15) is 0 Å². The van der Waals surface area contributed by atoms with Gasteiger partial charge in [-0.2, -0.15) is 10.4 Å². The van der Waals surface area contributed by atoms with E-state index in [1.54, 1.807) is 0 Å². The van der Waals surface area contributed by atoms with Gasteiger partial charge in [-0.15, -0.1) is 0 Å². The fourth-order valence-electron chi connectivity index (χ4n) is 2.24. The monoisotopic (exact) mass is 217 g/mol. The van der Waals surface area contributed by atoms with E-state index in [0.29, 0.717) is 0 Å². The molecular weight excluding hydrogens is 198 g/mol. The van der Waals surface area contributed by atoms with Crippen LogP contribution >= 0.6 is 0 Å². The highest BCUT2D eigenvalue weighted by molar-refractivity contribution is 5.33. The van der Waals surface area contributed by atoms with Crippen LogP contribution in [0.25, 0.3) is 0 Å². The highest BCUT2D eigenvalue weighted by Crippen LogP contribution is 2.43. The summed E-state index contributed by atoms with van der Waals surface area (Å²) >= 11 is 0. The third-order valence-corrected chi connectivity index (χ3v) is 3.56. The molecule has 0 atom stereocenters. The smallest absolute Gasteiger partial charge is 0.0990 e. The molecule has 0 unspecified atom stereocenters. The fourth-order valence-corrected chi connectivity index (χ4v) is 2.24. The number of nitrogens with zero attached hydrogens (tertiary/aromatic N) is 3. The molecule has 0 N–H and O–H groups in total. The zero-order chi connectivity index (χ0) is 12.0. The lowest BCUT2D eigenvalue weighted by Crippen LogP contribution is -2.34. The maximum Gasteiger partial charge on any atom is 0.0990 e. The Kier molecular flexibility index (Phi) is 2.34. The lowest BCUT2D eigenvalue weighted by atomic mass is 9.67. The highest BCUT2D eigenvalue weighted by atomic mass is 15.3. The highest BCUT2D eigenvalue weighted by Gasteiger charge is 2.42. The van der Waals surface area contributed by atoms with Crippen LogP contribution in [-0.4, -0.2) is 9.78 Å². The zero-order valence-corrected chi connectivity index (χ0v) is 10.5. The average Bonchev–Trinajstić information content (AvgIpc) is 2.47. The van der Waals surface area contributed by atoms with Crippen LogP contribution in [0.3, 0.4) is 0 Å². The van der Waals surface area contributed by atoms with E-state index >= 15 is 0 Å². The van der Waals surface area contributed by atoms with Crippen LogP contribution in [0.4, 0.5) is 0 Å². The standard InChI is InChI=1S/C13H19N3/c1-12(2,3)10-8-11(16(4)15-10)13(9-14)6-5-7-13/h8H,5-7H2,1-4H3. The number of rotatable bonds is 1. The number of aromatic nitrogens is 2. The number of nitriles is 1. The minimum atomic E-state index is -0.259. The van der Waals surface area contributed by atoms with Crippen molar-refractivity contribution in [2.45, 2.75) is 50.9 Å². The molecule has 0 aliphatic heterocycles. The molecule has 1 aromatic heterocycles. The van der Waals surface area contributed by atoms with Crippen LogP contribution in [-0.2, 0) is 17.9 Å². The fraction of sp³-hybridized carbons (Fsp3) is 0.692. The minimum Gasteiger partial charge on any atom is -0.271 e. The molecule has 1 aliphatic carbocycles. The van der Waals surface area contributed by atoms with Gasteiger partial charge in [-0.25, -0.2) is 0 Å². The summed E-state index contributed by atoms with van der Waals surface area (Å²) < 4.78 is 1.89. The number of hydrogen-bond donors (Lipinski definition) is 0. The third kappa shape index (κ3) is 1.53. The van der Waals surface area contributed by atoms with Gasteiger partial charge < -0.3 is 0 Å². The normalized spacial score (nSPS) is 18.9. The van der Waals surface area contributed by atoms with Crippen molar-refractivity contribution < 1.29 is 0 Å². The van der Waals surface area contributed by atoms with Gasteiger partial charge in [-0.05, 0) is 25.3 Å². The molecule has 86 valence electrons. The molecule has 0 aromatic carbocycles. The van der Waals surface area contributed by atoms with Crippen molar-refractivity contribution in [2.75, 3.05) is 0 Å². The maximum absolute atomic E-state index is 9.34. The van der Waals surface area contributed by atoms with E-state index in [-0.39, 0.29) is 10.8 Å². The van der Waals surface area contributed by atoms with E-state index in [0.717, 1.165) is 30.7 Å². The van der Waals surface area contributed by atoms with Gasteiger partial charge in [0.2, 0.25) is 0 Å². The van der Waals surface area contributed by atoms with E-state index < -0.39 is 0 Å². The maximum atomic E-state index is 9.34. The van der Waals surface area contributed by atoms with Crippen LogP contribution in [0.5, 0.6) is 0 Å². The molecule has 16 heavy (non-hydrogen) atoms. The lowest BCUT2D eigenvalue weighted by Gasteiger charge is -2.34. The van der Waals surface area contributed by atoms with Crippen molar-refractivity contribution in [1.82, 2.24) is 9.78 Å². The van der Waals surface area contributed by atoms with Gasteiger partial charge in [-0.3, -0.25) is 4.68 Å². The van der Waals surface area contributed by atoms with Crippen LogP contribution in [0, 0.1) is 11.3 Å². The predicted molar refractivity (Wildman–Crippen MR) is 63.1 cm³/mol. The third-order valence-electron chi connectivity index (χ3n) is 3.56. The Morgan fingerprint density at radius 1 is 1.44 bits per heavy atom. The SMILES string of the molecule is Cn1nc(C(C)(C)C)cc1C1(C#N)CCC1. The Balaban J connectivity index is 2.44. The topological polar surface area (TPSA) is 41.6 Å². The summed E-state index contributed by atoms with van der Waals surface area (Å²) in [5.41, 5.74) is 1.96. The Morgan fingerprint density at radius 2 is 2.06 bits per heavy atom. The second-order valence-corrected chi connectivity index (χ2v) is 5.84. The van der Waals surface area contributed by atoms with E-state index in [9.17, 15) is 5.26 Å². The van der Waals surface area contributed by atoms with Crippen molar-refractivity contribution in [1.29, 1.82) is 5.26 Å². The first kappa shape index (κ1) is 11.2. The van der Waals surface area contributed by atoms with Gasteiger partial charge in [0, 0.05) is 12.5 Å². The number of hydrogen-bond acceptors (Lipinski definition) is 2. The second-order valence-electron chi connectivity index (χ2n) is 5.84. The molecule has 3 nitrogen and oxygen atoms in total. The number of aryl methyl sites for hydroxylation is 1. The van der Waals surface area contributed by atoms with Crippen molar-refractivity contribution in [3.63, 3.8) is 0 Å². The summed E-state index contributed by atoms with van der Waals surface area (Å²) in [4.78, 5) is 0. The van der Waals surface area contributed by atoms with E-state index in [4.69, 9.17) is 0 Å². The van der Waals surface area contributed by atoms with Gasteiger partial charge in [0.05, 0.1) is 22.9 Å². The molecule has 0 bridgehead atoms. The first-order valence-electron chi connectivity index (χ1n) is 5.85. The summed E-state index contributed by atoms with van der Waals surface area (Å²) in [5.74, 6) is 0. The van der Waals surface area contributed by atoms with Gasteiger partial charge >= 0.3 is 0 Å². The molecule has 0 amide bonds. The molecule has 0 spiro atoms. The Morgan fingerprint density at radius 3 is 2.38 bits per heavy atom. The molecule has 1 aliphatic rings. The molecule has 1 fully saturated rings. The molecule has 0 saturated heterocycles. The Labute approximate surface area is 97.1 Å². The van der Waals surface area contributed by atoms with E-state index in [1.807, 2.05) is 11.7 Å². The van der Waals surface area contributed by atoms with Gasteiger partial charge in [-0.1, -0.05) is 20.8 Å². The summed E-state index contributed by atoms with van der Waals surface area (Å²) in [7, 11) is 1.95. The summed E-state index contributed by atoms with van der Waals surface area (Å²) in [6, 6.07) is 4.59. The lowest BCUT2D eigenvalue weighted by molar-refractivity contribution is 0.305. The summed E-state index contributed by atoms with van der Waals surface area (Å²) in [6.07, 6.45) is 3.11. The molecule has 2 rings (SSSR count). The minimum absolute atomic E-state index is 0.0520. The molecular formula is C13H19N3. The second kappa shape index (κ2) is 3.35. The van der Waals surface area contributed by atoms with Crippen molar-refractivity contribution in [2.24, 2.45) is 7.05 Å². The average molecular weight is 217 g/mol.